The lowest BCUT2D eigenvalue weighted by Gasteiger charge is -2.11. The minimum Gasteiger partial charge on any atom is -0.481 e. The van der Waals surface area contributed by atoms with Gasteiger partial charge in [0.2, 0.25) is 0 Å². The highest BCUT2D eigenvalue weighted by Crippen LogP contribution is 2.37. The molecule has 0 amide bonds. The SMILES string of the molecule is O=C(O)CCCC(O)OP(=O)(O)O. The van der Waals surface area contributed by atoms with Crippen molar-refractivity contribution in [1.29, 1.82) is 0 Å². The zero-order chi connectivity index (χ0) is 10.5. The van der Waals surface area contributed by atoms with Crippen LogP contribution in [0, 0.1) is 0 Å². The van der Waals surface area contributed by atoms with Crippen molar-refractivity contribution in [1.82, 2.24) is 0 Å². The van der Waals surface area contributed by atoms with E-state index in [0.717, 1.165) is 0 Å². The molecule has 0 rings (SSSR count). The molecule has 0 spiro atoms. The third-order valence-electron chi connectivity index (χ3n) is 1.10. The highest BCUT2D eigenvalue weighted by atomic mass is 31.2. The van der Waals surface area contributed by atoms with E-state index in [2.05, 4.69) is 4.52 Å². The van der Waals surface area contributed by atoms with Crippen molar-refractivity contribution in [2.24, 2.45) is 0 Å². The zero-order valence-corrected chi connectivity index (χ0v) is 7.55. The number of phosphoric acid groups is 1. The van der Waals surface area contributed by atoms with E-state index < -0.39 is 20.1 Å². The summed E-state index contributed by atoms with van der Waals surface area (Å²) in [5.74, 6) is -1.04. The fourth-order valence-corrected chi connectivity index (χ4v) is 1.06. The molecule has 7 nitrogen and oxygen atoms in total. The number of phosphoric ester groups is 1. The molecule has 0 aromatic heterocycles. The quantitative estimate of drug-likeness (QED) is 0.352. The summed E-state index contributed by atoms with van der Waals surface area (Å²) in [6.07, 6.45) is -1.84. The highest BCUT2D eigenvalue weighted by molar-refractivity contribution is 7.46. The van der Waals surface area contributed by atoms with Crippen LogP contribution in [0.25, 0.3) is 0 Å². The molecular weight excluding hydrogens is 203 g/mol. The van der Waals surface area contributed by atoms with Crippen LogP contribution in [0.3, 0.4) is 0 Å². The lowest BCUT2D eigenvalue weighted by atomic mass is 10.2. The molecule has 0 aliphatic rings. The number of aliphatic carboxylic acids is 1. The Balaban J connectivity index is 3.58. The smallest absolute Gasteiger partial charge is 0.471 e. The van der Waals surface area contributed by atoms with Crippen molar-refractivity contribution in [2.75, 3.05) is 0 Å². The van der Waals surface area contributed by atoms with E-state index in [4.69, 9.17) is 20.0 Å². The molecule has 0 bridgehead atoms. The topological polar surface area (TPSA) is 124 Å². The molecule has 13 heavy (non-hydrogen) atoms. The van der Waals surface area contributed by atoms with Crippen LogP contribution in [0.15, 0.2) is 0 Å². The third-order valence-corrected chi connectivity index (χ3v) is 1.62. The second kappa shape index (κ2) is 5.31. The van der Waals surface area contributed by atoms with E-state index >= 15 is 0 Å². The summed E-state index contributed by atoms with van der Waals surface area (Å²) in [4.78, 5) is 26.4. The van der Waals surface area contributed by atoms with Crippen molar-refractivity contribution >= 4 is 13.8 Å². The van der Waals surface area contributed by atoms with Gasteiger partial charge in [-0.2, -0.15) is 0 Å². The van der Waals surface area contributed by atoms with E-state index in [9.17, 15) is 9.36 Å². The van der Waals surface area contributed by atoms with Gasteiger partial charge in [0.1, 0.15) is 0 Å². The van der Waals surface area contributed by atoms with Gasteiger partial charge in [-0.25, -0.2) is 4.57 Å². The summed E-state index contributed by atoms with van der Waals surface area (Å²) >= 11 is 0. The Morgan fingerprint density at radius 1 is 1.46 bits per heavy atom. The summed E-state index contributed by atoms with van der Waals surface area (Å²) in [7, 11) is -4.68. The minimum atomic E-state index is -4.68. The number of rotatable bonds is 6. The molecule has 8 heteroatoms. The van der Waals surface area contributed by atoms with E-state index in [1.54, 1.807) is 0 Å². The summed E-state index contributed by atoms with van der Waals surface area (Å²) in [6.45, 7) is 0. The second-order valence-electron chi connectivity index (χ2n) is 2.34. The van der Waals surface area contributed by atoms with E-state index in [-0.39, 0.29) is 19.3 Å². The van der Waals surface area contributed by atoms with Crippen molar-refractivity contribution < 1.29 is 33.9 Å². The fourth-order valence-electron chi connectivity index (χ4n) is 0.639. The predicted octanol–water partition coefficient (Wildman–Crippen LogP) is -0.331. The first-order chi connectivity index (χ1) is 5.81. The maximum atomic E-state index is 10.1. The van der Waals surface area contributed by atoms with Gasteiger partial charge in [0.25, 0.3) is 0 Å². The Morgan fingerprint density at radius 3 is 2.38 bits per heavy atom. The largest absolute Gasteiger partial charge is 0.481 e. The van der Waals surface area contributed by atoms with Crippen LogP contribution < -0.4 is 0 Å². The lowest BCUT2D eigenvalue weighted by Crippen LogP contribution is -2.10. The molecular formula is C5H11O7P. The van der Waals surface area contributed by atoms with Gasteiger partial charge in [-0.15, -0.1) is 0 Å². The van der Waals surface area contributed by atoms with Crippen LogP contribution in [0.1, 0.15) is 19.3 Å². The normalized spacial score (nSPS) is 14.1. The molecule has 0 saturated heterocycles. The van der Waals surface area contributed by atoms with Gasteiger partial charge in [0.15, 0.2) is 6.29 Å². The predicted molar refractivity (Wildman–Crippen MR) is 40.6 cm³/mol. The van der Waals surface area contributed by atoms with Crippen molar-refractivity contribution in [3.05, 3.63) is 0 Å². The van der Waals surface area contributed by atoms with Gasteiger partial charge in [-0.05, 0) is 12.8 Å². The summed E-state index contributed by atoms with van der Waals surface area (Å²) in [6, 6.07) is 0. The zero-order valence-electron chi connectivity index (χ0n) is 6.66. The Morgan fingerprint density at radius 2 is 2.00 bits per heavy atom. The Labute approximate surface area is 74.2 Å². The van der Waals surface area contributed by atoms with Gasteiger partial charge in [-0.1, -0.05) is 0 Å². The molecule has 0 fully saturated rings. The van der Waals surface area contributed by atoms with Gasteiger partial charge in [0, 0.05) is 6.42 Å². The fraction of sp³-hybridized carbons (Fsp3) is 0.800. The van der Waals surface area contributed by atoms with Crippen LogP contribution in [-0.2, 0) is 13.9 Å². The first-order valence-corrected chi connectivity index (χ1v) is 4.98. The van der Waals surface area contributed by atoms with E-state index in [1.807, 2.05) is 0 Å². The summed E-state index contributed by atoms with van der Waals surface area (Å²) in [5, 5.41) is 17.0. The van der Waals surface area contributed by atoms with Gasteiger partial charge in [0.05, 0.1) is 0 Å². The summed E-state index contributed by atoms with van der Waals surface area (Å²) in [5.41, 5.74) is 0. The number of hydrogen-bond acceptors (Lipinski definition) is 4. The number of hydrogen-bond donors (Lipinski definition) is 4. The number of aliphatic hydroxyl groups excluding tert-OH is 1. The van der Waals surface area contributed by atoms with Crippen molar-refractivity contribution in [3.8, 4) is 0 Å². The number of carboxylic acid groups (broad SMARTS) is 1. The lowest BCUT2D eigenvalue weighted by molar-refractivity contribution is -0.137. The molecule has 0 heterocycles. The number of aliphatic hydroxyl groups is 1. The molecule has 0 aliphatic heterocycles. The van der Waals surface area contributed by atoms with Crippen molar-refractivity contribution in [3.63, 3.8) is 0 Å². The summed E-state index contributed by atoms with van der Waals surface area (Å²) < 4.78 is 14.0. The monoisotopic (exact) mass is 214 g/mol. The molecule has 1 unspecified atom stereocenters. The molecule has 0 radical (unpaired) electrons. The average molecular weight is 214 g/mol. The van der Waals surface area contributed by atoms with Crippen LogP contribution in [0.4, 0.5) is 0 Å². The van der Waals surface area contributed by atoms with Gasteiger partial charge < -0.3 is 20.0 Å². The van der Waals surface area contributed by atoms with Gasteiger partial charge >= 0.3 is 13.8 Å². The van der Waals surface area contributed by atoms with Crippen molar-refractivity contribution in [2.45, 2.75) is 25.6 Å². The molecule has 1 atom stereocenters. The number of carbonyl (C=O) groups is 1. The molecule has 0 aliphatic carbocycles. The first kappa shape index (κ1) is 12.5. The van der Waals surface area contributed by atoms with E-state index in [0.29, 0.717) is 0 Å². The Bertz CT molecular complexity index is 209. The standard InChI is InChI=1S/C5H11O7P/c6-4(7)2-1-3-5(8)12-13(9,10)11/h5,8H,1-3H2,(H,6,7)(H2,9,10,11). The average Bonchev–Trinajstić information content (AvgIpc) is 1.81. The minimum absolute atomic E-state index is 0.0938. The molecule has 0 saturated carbocycles. The Kier molecular flexibility index (Phi) is 5.12. The first-order valence-electron chi connectivity index (χ1n) is 3.45. The van der Waals surface area contributed by atoms with Crippen LogP contribution in [0.5, 0.6) is 0 Å². The third kappa shape index (κ3) is 9.45. The van der Waals surface area contributed by atoms with Crippen LogP contribution in [-0.4, -0.2) is 32.3 Å². The highest BCUT2D eigenvalue weighted by Gasteiger charge is 2.19. The maximum absolute atomic E-state index is 10.1. The molecule has 4 N–H and O–H groups in total. The molecule has 0 aromatic rings. The maximum Gasteiger partial charge on any atom is 0.471 e. The van der Waals surface area contributed by atoms with Crippen LogP contribution >= 0.6 is 7.82 Å². The van der Waals surface area contributed by atoms with Crippen LogP contribution in [0.2, 0.25) is 0 Å². The van der Waals surface area contributed by atoms with Gasteiger partial charge in [-0.3, -0.25) is 9.32 Å². The second-order valence-corrected chi connectivity index (χ2v) is 3.53. The van der Waals surface area contributed by atoms with E-state index in [1.165, 1.54) is 0 Å². The molecule has 0 aromatic carbocycles. The number of carboxylic acids is 1. The molecule has 78 valence electrons. The Hall–Kier alpha value is -0.460.